The second-order valence-electron chi connectivity index (χ2n) is 7.52. The number of carbonyl (C=O) groups excluding carboxylic acids is 3. The minimum absolute atomic E-state index is 0.399. The highest BCUT2D eigenvalue weighted by atomic mass is 32.1. The third kappa shape index (κ3) is 4.11. The van der Waals surface area contributed by atoms with Crippen LogP contribution in [0.15, 0.2) is 66.0 Å². The van der Waals surface area contributed by atoms with E-state index < -0.39 is 47.6 Å². The first-order chi connectivity index (χ1) is 15.3. The van der Waals surface area contributed by atoms with Crippen molar-refractivity contribution in [3.63, 3.8) is 0 Å². The molecule has 1 aliphatic heterocycles. The van der Waals surface area contributed by atoms with Gasteiger partial charge in [0.1, 0.15) is 23.7 Å². The third-order valence-corrected chi connectivity index (χ3v) is 6.27. The van der Waals surface area contributed by atoms with Gasteiger partial charge in [-0.3, -0.25) is 14.5 Å². The first-order valence-corrected chi connectivity index (χ1v) is 10.6. The number of rotatable bonds is 6. The molecule has 2 N–H and O–H groups in total. The molecule has 1 aliphatic rings. The predicted octanol–water partition coefficient (Wildman–Crippen LogP) is 3.70. The zero-order valence-electron chi connectivity index (χ0n) is 17.0. The first-order valence-electron chi connectivity index (χ1n) is 9.76. The summed E-state index contributed by atoms with van der Waals surface area (Å²) in [6, 6.07) is 13.3. The lowest BCUT2D eigenvalue weighted by atomic mass is 9.92. The van der Waals surface area contributed by atoms with Crippen molar-refractivity contribution in [1.82, 2.24) is 15.5 Å². The minimum atomic E-state index is -1.41. The Bertz CT molecular complexity index is 1150. The summed E-state index contributed by atoms with van der Waals surface area (Å²) in [6.45, 7) is 1.01. The molecule has 0 radical (unpaired) electrons. The van der Waals surface area contributed by atoms with Gasteiger partial charge in [-0.25, -0.2) is 13.6 Å². The lowest BCUT2D eigenvalue weighted by Crippen LogP contribution is -2.44. The summed E-state index contributed by atoms with van der Waals surface area (Å²) in [5.74, 6) is -2.03. The van der Waals surface area contributed by atoms with Crippen molar-refractivity contribution in [3.8, 4) is 0 Å². The number of urea groups is 1. The van der Waals surface area contributed by atoms with Crippen LogP contribution in [0.3, 0.4) is 0 Å². The Morgan fingerprint density at radius 3 is 2.28 bits per heavy atom. The Kier molecular flexibility index (Phi) is 5.75. The monoisotopic (exact) mass is 455 g/mol. The van der Waals surface area contributed by atoms with Gasteiger partial charge in [0.15, 0.2) is 0 Å². The normalized spacial score (nSPS) is 19.0. The number of imide groups is 1. The van der Waals surface area contributed by atoms with Crippen molar-refractivity contribution in [1.29, 1.82) is 0 Å². The molecule has 0 bridgehead atoms. The summed E-state index contributed by atoms with van der Waals surface area (Å²) in [4.78, 5) is 40.0. The Hall–Kier alpha value is -3.59. The van der Waals surface area contributed by atoms with E-state index in [0.717, 1.165) is 9.78 Å². The van der Waals surface area contributed by atoms with E-state index in [0.29, 0.717) is 11.1 Å². The lowest BCUT2D eigenvalue weighted by Gasteiger charge is -2.23. The third-order valence-electron chi connectivity index (χ3n) is 5.33. The molecule has 2 atom stereocenters. The number of halogens is 2. The fraction of sp³-hybridized carbons (Fsp3) is 0.174. The van der Waals surface area contributed by atoms with Crippen LogP contribution < -0.4 is 10.6 Å². The van der Waals surface area contributed by atoms with Gasteiger partial charge >= 0.3 is 6.03 Å². The number of amides is 4. The number of benzene rings is 2. The molecule has 1 aromatic heterocycles. The van der Waals surface area contributed by atoms with E-state index in [1.165, 1.54) is 54.7 Å². The minimum Gasteiger partial charge on any atom is -0.343 e. The van der Waals surface area contributed by atoms with Gasteiger partial charge in [-0.2, -0.15) is 0 Å². The smallest absolute Gasteiger partial charge is 0.325 e. The van der Waals surface area contributed by atoms with Crippen LogP contribution in [0.4, 0.5) is 13.6 Å². The van der Waals surface area contributed by atoms with Gasteiger partial charge in [0, 0.05) is 4.88 Å². The number of nitrogens with zero attached hydrogens (tertiary/aromatic N) is 1. The lowest BCUT2D eigenvalue weighted by molar-refractivity contribution is -0.135. The molecule has 1 saturated heterocycles. The van der Waals surface area contributed by atoms with Gasteiger partial charge in [-0.1, -0.05) is 30.3 Å². The van der Waals surface area contributed by atoms with Gasteiger partial charge in [0.25, 0.3) is 5.91 Å². The zero-order chi connectivity index (χ0) is 22.9. The second kappa shape index (κ2) is 8.51. The SMILES string of the molecule is CC1(c2ccc(F)cc2)NC(=O)N(CC(=O)NC(c2ccc(F)cc2)c2cccs2)C1=O. The maximum absolute atomic E-state index is 13.4. The Morgan fingerprint density at radius 1 is 1.06 bits per heavy atom. The number of carbonyl (C=O) groups is 3. The van der Waals surface area contributed by atoms with E-state index in [2.05, 4.69) is 10.6 Å². The van der Waals surface area contributed by atoms with Gasteiger partial charge in [0.05, 0.1) is 6.04 Å². The summed E-state index contributed by atoms with van der Waals surface area (Å²) in [7, 11) is 0. The molecule has 32 heavy (non-hydrogen) atoms. The molecule has 9 heteroatoms. The molecular weight excluding hydrogens is 436 g/mol. The molecule has 4 rings (SSSR count). The zero-order valence-corrected chi connectivity index (χ0v) is 17.8. The summed E-state index contributed by atoms with van der Waals surface area (Å²) in [5.41, 5.74) is -0.340. The highest BCUT2D eigenvalue weighted by molar-refractivity contribution is 7.10. The molecule has 0 spiro atoms. The molecule has 1 fully saturated rings. The number of hydrogen-bond acceptors (Lipinski definition) is 4. The quantitative estimate of drug-likeness (QED) is 0.557. The van der Waals surface area contributed by atoms with Crippen LogP contribution in [0.1, 0.15) is 29.0 Å². The first kappa shape index (κ1) is 21.6. The summed E-state index contributed by atoms with van der Waals surface area (Å²) >= 11 is 1.42. The number of nitrogens with one attached hydrogen (secondary N) is 2. The predicted molar refractivity (Wildman–Crippen MR) is 115 cm³/mol. The molecule has 164 valence electrons. The average molecular weight is 455 g/mol. The van der Waals surface area contributed by atoms with E-state index in [1.54, 1.807) is 12.1 Å². The van der Waals surface area contributed by atoms with Gasteiger partial charge in [0.2, 0.25) is 5.91 Å². The van der Waals surface area contributed by atoms with Crippen molar-refractivity contribution in [3.05, 3.63) is 93.7 Å². The molecule has 0 saturated carbocycles. The maximum atomic E-state index is 13.4. The van der Waals surface area contributed by atoms with Crippen LogP contribution >= 0.6 is 11.3 Å². The van der Waals surface area contributed by atoms with E-state index in [-0.39, 0.29) is 0 Å². The molecule has 2 unspecified atom stereocenters. The van der Waals surface area contributed by atoms with Crippen LogP contribution in [0, 0.1) is 11.6 Å². The standard InChI is InChI=1S/C23H19F2N3O3S/c1-23(15-6-10-17(25)11-7-15)21(30)28(22(31)27-23)13-19(29)26-20(18-3-2-12-32-18)14-4-8-16(24)9-5-14/h2-12,20H,13H2,1H3,(H,26,29)(H,27,31). The molecular formula is C23H19F2N3O3S. The Morgan fingerprint density at radius 2 is 1.69 bits per heavy atom. The fourth-order valence-electron chi connectivity index (χ4n) is 3.60. The topological polar surface area (TPSA) is 78.5 Å². The molecule has 6 nitrogen and oxygen atoms in total. The van der Waals surface area contributed by atoms with Crippen molar-refractivity contribution >= 4 is 29.2 Å². The van der Waals surface area contributed by atoms with Crippen molar-refractivity contribution in [2.45, 2.75) is 18.5 Å². The van der Waals surface area contributed by atoms with Crippen LogP contribution in [-0.2, 0) is 15.1 Å². The average Bonchev–Trinajstić information content (AvgIpc) is 3.37. The molecule has 4 amide bonds. The van der Waals surface area contributed by atoms with Crippen molar-refractivity contribution in [2.75, 3.05) is 6.54 Å². The highest BCUT2D eigenvalue weighted by Crippen LogP contribution is 2.30. The molecule has 2 aromatic carbocycles. The van der Waals surface area contributed by atoms with Crippen LogP contribution in [-0.4, -0.2) is 29.3 Å². The van der Waals surface area contributed by atoms with E-state index in [9.17, 15) is 23.2 Å². The fourth-order valence-corrected chi connectivity index (χ4v) is 4.40. The summed E-state index contributed by atoms with van der Waals surface area (Å²) in [6.07, 6.45) is 0. The highest BCUT2D eigenvalue weighted by Gasteiger charge is 2.49. The number of thiophene rings is 1. The van der Waals surface area contributed by atoms with Crippen molar-refractivity contribution in [2.24, 2.45) is 0 Å². The maximum Gasteiger partial charge on any atom is 0.325 e. The molecule has 3 aromatic rings. The van der Waals surface area contributed by atoms with Crippen LogP contribution in [0.2, 0.25) is 0 Å². The Balaban J connectivity index is 1.52. The molecule has 2 heterocycles. The van der Waals surface area contributed by atoms with Crippen LogP contribution in [0.5, 0.6) is 0 Å². The Labute approximate surface area is 186 Å². The van der Waals surface area contributed by atoms with Gasteiger partial charge in [-0.15, -0.1) is 11.3 Å². The van der Waals surface area contributed by atoms with Crippen molar-refractivity contribution < 1.29 is 23.2 Å². The summed E-state index contributed by atoms with van der Waals surface area (Å²) in [5, 5.41) is 7.26. The largest absolute Gasteiger partial charge is 0.343 e. The second-order valence-corrected chi connectivity index (χ2v) is 8.50. The van der Waals surface area contributed by atoms with E-state index >= 15 is 0 Å². The summed E-state index contributed by atoms with van der Waals surface area (Å²) < 4.78 is 26.6. The van der Waals surface area contributed by atoms with E-state index in [1.807, 2.05) is 17.5 Å². The van der Waals surface area contributed by atoms with Gasteiger partial charge < -0.3 is 10.6 Å². The van der Waals surface area contributed by atoms with E-state index in [4.69, 9.17) is 0 Å². The number of hydrogen-bond donors (Lipinski definition) is 2. The van der Waals surface area contributed by atoms with Gasteiger partial charge in [-0.05, 0) is 53.8 Å². The van der Waals surface area contributed by atoms with Crippen LogP contribution in [0.25, 0.3) is 0 Å². The molecule has 0 aliphatic carbocycles.